The molecule has 10 aromatic rings. The lowest BCUT2D eigenvalue weighted by Crippen LogP contribution is -2.13. The van der Waals surface area contributed by atoms with Gasteiger partial charge in [0.2, 0.25) is 0 Å². The second kappa shape index (κ2) is 14.9. The fourth-order valence-corrected chi connectivity index (χ4v) is 9.34. The third-order valence-corrected chi connectivity index (χ3v) is 12.4. The Hall–Kier alpha value is -7.16. The van der Waals surface area contributed by atoms with Crippen molar-refractivity contribution in [3.05, 3.63) is 215 Å². The molecule has 0 heterocycles. The van der Waals surface area contributed by atoms with Crippen molar-refractivity contribution in [2.75, 3.05) is 9.80 Å². The molecule has 0 atom stereocenters. The molecule has 0 saturated carbocycles. The molecule has 0 N–H and O–H groups in total. The van der Waals surface area contributed by atoms with Crippen LogP contribution in [0.15, 0.2) is 182 Å². The molecular formula is C58H48N2. The van der Waals surface area contributed by atoms with Gasteiger partial charge in [-0.05, 0) is 167 Å². The first-order valence-corrected chi connectivity index (χ1v) is 21.0. The second-order valence-electron chi connectivity index (χ2n) is 16.6. The predicted octanol–water partition coefficient (Wildman–Crippen LogP) is 16.7. The maximum atomic E-state index is 2.48. The van der Waals surface area contributed by atoms with E-state index in [0.717, 1.165) is 22.7 Å². The van der Waals surface area contributed by atoms with E-state index >= 15 is 0 Å². The summed E-state index contributed by atoms with van der Waals surface area (Å²) in [6.07, 6.45) is 0. The minimum absolute atomic E-state index is 1.14. The standard InChI is InChI=1S/C58H48N2/c1-37-13-11-17-47(33-37)59(55-35-45(23-21-41(55)5)49-19-9-7-15-39(49)3)53-31-27-43-26-30-52-54(32-28-44-25-29-51(53)57(43)58(44)52)60(48-18-12-14-38(2)34-48)56-36-46(24-22-42(56)6)50-20-10-8-16-40(50)4/h7-36H,1-6H3. The van der Waals surface area contributed by atoms with Gasteiger partial charge in [0.15, 0.2) is 0 Å². The molecule has 0 aliphatic rings. The second-order valence-corrected chi connectivity index (χ2v) is 16.6. The van der Waals surface area contributed by atoms with Crippen LogP contribution in [0.25, 0.3) is 54.6 Å². The molecule has 0 aromatic heterocycles. The highest BCUT2D eigenvalue weighted by molar-refractivity contribution is 6.28. The number of hydrogen-bond acceptors (Lipinski definition) is 2. The average Bonchev–Trinajstić information content (AvgIpc) is 3.25. The summed E-state index contributed by atoms with van der Waals surface area (Å²) in [5.41, 5.74) is 19.3. The van der Waals surface area contributed by atoms with Crippen LogP contribution in [0.2, 0.25) is 0 Å². The van der Waals surface area contributed by atoms with Crippen molar-refractivity contribution in [2.24, 2.45) is 0 Å². The monoisotopic (exact) mass is 772 g/mol. The fourth-order valence-electron chi connectivity index (χ4n) is 9.34. The van der Waals surface area contributed by atoms with Gasteiger partial charge in [0.1, 0.15) is 0 Å². The molecule has 0 radical (unpaired) electrons. The molecule has 0 fully saturated rings. The number of hydrogen-bond donors (Lipinski definition) is 0. The molecule has 2 nitrogen and oxygen atoms in total. The Morgan fingerprint density at radius 3 is 1.13 bits per heavy atom. The SMILES string of the molecule is Cc1cccc(N(c2cc(-c3ccccc3C)ccc2C)c2ccc3ccc4c(N(c5cccc(C)c5)c5cc(-c6ccccc6C)ccc5C)ccc5ccc2c3c54)c1. The van der Waals surface area contributed by atoms with Crippen molar-refractivity contribution in [3.8, 4) is 22.3 Å². The van der Waals surface area contributed by atoms with Crippen LogP contribution in [0, 0.1) is 41.5 Å². The topological polar surface area (TPSA) is 6.48 Å². The lowest BCUT2D eigenvalue weighted by Gasteiger charge is -2.31. The van der Waals surface area contributed by atoms with Gasteiger partial charge in [-0.15, -0.1) is 0 Å². The normalized spacial score (nSPS) is 11.5. The summed E-state index contributed by atoms with van der Waals surface area (Å²) in [5.74, 6) is 0. The molecule has 0 bridgehead atoms. The van der Waals surface area contributed by atoms with Crippen molar-refractivity contribution in [1.29, 1.82) is 0 Å². The van der Waals surface area contributed by atoms with Crippen LogP contribution in [0.3, 0.4) is 0 Å². The minimum Gasteiger partial charge on any atom is -0.310 e. The van der Waals surface area contributed by atoms with E-state index in [-0.39, 0.29) is 0 Å². The lowest BCUT2D eigenvalue weighted by molar-refractivity contribution is 1.25. The van der Waals surface area contributed by atoms with Gasteiger partial charge in [0.05, 0.1) is 11.4 Å². The Morgan fingerprint density at radius 1 is 0.300 bits per heavy atom. The molecule has 0 amide bonds. The molecule has 0 saturated heterocycles. The van der Waals surface area contributed by atoms with Crippen molar-refractivity contribution in [1.82, 2.24) is 0 Å². The van der Waals surface area contributed by atoms with E-state index in [1.54, 1.807) is 0 Å². The highest BCUT2D eigenvalue weighted by Gasteiger charge is 2.24. The summed E-state index contributed by atoms with van der Waals surface area (Å²) in [7, 11) is 0. The van der Waals surface area contributed by atoms with Gasteiger partial charge in [-0.2, -0.15) is 0 Å². The number of rotatable bonds is 8. The summed E-state index contributed by atoms with van der Waals surface area (Å²) in [4.78, 5) is 4.97. The van der Waals surface area contributed by atoms with E-state index in [1.165, 1.54) is 99.3 Å². The van der Waals surface area contributed by atoms with E-state index in [9.17, 15) is 0 Å². The van der Waals surface area contributed by atoms with E-state index in [4.69, 9.17) is 0 Å². The van der Waals surface area contributed by atoms with Crippen LogP contribution in [-0.2, 0) is 0 Å². The summed E-state index contributed by atoms with van der Waals surface area (Å²) in [5, 5.41) is 7.49. The third kappa shape index (κ3) is 6.37. The number of anilines is 6. The van der Waals surface area contributed by atoms with Crippen molar-refractivity contribution in [2.45, 2.75) is 41.5 Å². The highest BCUT2D eigenvalue weighted by atomic mass is 15.2. The Balaban J connectivity index is 1.23. The molecular weight excluding hydrogens is 725 g/mol. The molecule has 2 heteroatoms. The quantitative estimate of drug-likeness (QED) is 0.142. The van der Waals surface area contributed by atoms with E-state index in [2.05, 4.69) is 233 Å². The first kappa shape index (κ1) is 37.1. The van der Waals surface area contributed by atoms with E-state index < -0.39 is 0 Å². The van der Waals surface area contributed by atoms with Crippen LogP contribution in [-0.4, -0.2) is 0 Å². The van der Waals surface area contributed by atoms with Crippen LogP contribution < -0.4 is 9.80 Å². The van der Waals surface area contributed by atoms with Gasteiger partial charge in [-0.25, -0.2) is 0 Å². The Labute approximate surface area is 354 Å². The molecule has 290 valence electrons. The third-order valence-electron chi connectivity index (χ3n) is 12.4. The molecule has 0 aliphatic carbocycles. The number of nitrogens with zero attached hydrogens (tertiary/aromatic N) is 2. The maximum absolute atomic E-state index is 2.48. The molecule has 10 aromatic carbocycles. The Bertz CT molecular complexity index is 3030. The van der Waals surface area contributed by atoms with Gasteiger partial charge in [-0.1, -0.05) is 133 Å². The summed E-state index contributed by atoms with van der Waals surface area (Å²) in [6, 6.07) is 67.7. The Kier molecular flexibility index (Phi) is 9.22. The molecule has 60 heavy (non-hydrogen) atoms. The molecule has 10 rings (SSSR count). The largest absolute Gasteiger partial charge is 0.310 e. The van der Waals surface area contributed by atoms with E-state index in [0.29, 0.717) is 0 Å². The van der Waals surface area contributed by atoms with Gasteiger partial charge < -0.3 is 9.80 Å². The first-order chi connectivity index (χ1) is 29.2. The maximum Gasteiger partial charge on any atom is 0.0540 e. The lowest BCUT2D eigenvalue weighted by atomic mass is 9.91. The van der Waals surface area contributed by atoms with Crippen molar-refractivity contribution in [3.63, 3.8) is 0 Å². The minimum atomic E-state index is 1.14. The van der Waals surface area contributed by atoms with Gasteiger partial charge in [-0.3, -0.25) is 0 Å². The first-order valence-electron chi connectivity index (χ1n) is 21.0. The van der Waals surface area contributed by atoms with Gasteiger partial charge >= 0.3 is 0 Å². The van der Waals surface area contributed by atoms with Crippen molar-refractivity contribution >= 4 is 66.4 Å². The Morgan fingerprint density at radius 2 is 0.717 bits per heavy atom. The molecule has 0 unspecified atom stereocenters. The molecule has 0 aliphatic heterocycles. The predicted molar refractivity (Wildman–Crippen MR) is 259 cm³/mol. The zero-order chi connectivity index (χ0) is 41.1. The van der Waals surface area contributed by atoms with Crippen LogP contribution in [0.1, 0.15) is 33.4 Å². The van der Waals surface area contributed by atoms with Gasteiger partial charge in [0.25, 0.3) is 0 Å². The number of aryl methyl sites for hydroxylation is 6. The van der Waals surface area contributed by atoms with Crippen LogP contribution in [0.5, 0.6) is 0 Å². The molecule has 0 spiro atoms. The van der Waals surface area contributed by atoms with Gasteiger partial charge in [0, 0.05) is 33.5 Å². The fraction of sp³-hybridized carbons (Fsp3) is 0.103. The van der Waals surface area contributed by atoms with E-state index in [1.807, 2.05) is 0 Å². The van der Waals surface area contributed by atoms with Crippen LogP contribution >= 0.6 is 0 Å². The smallest absolute Gasteiger partial charge is 0.0540 e. The summed E-state index contributed by atoms with van der Waals surface area (Å²) < 4.78 is 0. The number of benzene rings is 10. The average molecular weight is 773 g/mol. The highest BCUT2D eigenvalue weighted by Crippen LogP contribution is 2.49. The summed E-state index contributed by atoms with van der Waals surface area (Å²) >= 11 is 0. The zero-order valence-corrected chi connectivity index (χ0v) is 35.2. The van der Waals surface area contributed by atoms with Crippen molar-refractivity contribution < 1.29 is 0 Å². The van der Waals surface area contributed by atoms with Crippen LogP contribution in [0.4, 0.5) is 34.1 Å². The summed E-state index contributed by atoms with van der Waals surface area (Å²) in [6.45, 7) is 13.2. The zero-order valence-electron chi connectivity index (χ0n) is 35.2.